The molecule has 0 atom stereocenters. The zero-order valence-electron chi connectivity index (χ0n) is 13.3. The quantitative estimate of drug-likeness (QED) is 0.791. The second kappa shape index (κ2) is 5.91. The van der Waals surface area contributed by atoms with Crippen molar-refractivity contribution in [3.63, 3.8) is 0 Å². The van der Waals surface area contributed by atoms with E-state index in [0.717, 1.165) is 23.8 Å². The van der Waals surface area contributed by atoms with Crippen LogP contribution in [-0.4, -0.2) is 20.6 Å². The van der Waals surface area contributed by atoms with Gasteiger partial charge in [-0.25, -0.2) is 4.98 Å². The molecule has 2 heterocycles. The van der Waals surface area contributed by atoms with Crippen LogP contribution in [0.1, 0.15) is 19.3 Å². The van der Waals surface area contributed by atoms with E-state index in [1.165, 1.54) is 6.42 Å². The highest BCUT2D eigenvalue weighted by atomic mass is 35.5. The molecule has 0 spiro atoms. The third-order valence-corrected chi connectivity index (χ3v) is 4.88. The fourth-order valence-corrected chi connectivity index (χ4v) is 3.16. The third-order valence-electron chi connectivity index (χ3n) is 4.55. The van der Waals surface area contributed by atoms with Gasteiger partial charge in [-0.2, -0.15) is 4.98 Å². The number of hydrogen-bond acceptors (Lipinski definition) is 4. The van der Waals surface area contributed by atoms with Gasteiger partial charge >= 0.3 is 0 Å². The summed E-state index contributed by atoms with van der Waals surface area (Å²) < 4.78 is 1.56. The summed E-state index contributed by atoms with van der Waals surface area (Å²) in [5.74, 6) is 0.577. The number of fused-ring (bicyclic) bond motifs is 1. The van der Waals surface area contributed by atoms with Crippen molar-refractivity contribution < 1.29 is 0 Å². The Bertz CT molecular complexity index is 978. The van der Waals surface area contributed by atoms with E-state index in [1.807, 2.05) is 24.3 Å². The predicted octanol–water partition coefficient (Wildman–Crippen LogP) is 3.61. The van der Waals surface area contributed by atoms with Gasteiger partial charge in [0.2, 0.25) is 5.95 Å². The largest absolute Gasteiger partial charge is 0.351 e. The number of rotatable bonds is 3. The monoisotopic (exact) mass is 340 g/mol. The first-order chi connectivity index (χ1) is 11.6. The minimum Gasteiger partial charge on any atom is -0.351 e. The highest BCUT2D eigenvalue weighted by Crippen LogP contribution is 2.27. The fraction of sp³-hybridized carbons (Fsp3) is 0.278. The molecule has 1 N–H and O–H groups in total. The molecule has 5 nitrogen and oxygen atoms in total. The van der Waals surface area contributed by atoms with E-state index in [0.29, 0.717) is 28.2 Å². The van der Waals surface area contributed by atoms with Gasteiger partial charge in [-0.1, -0.05) is 29.8 Å². The average molecular weight is 341 g/mol. The first-order valence-electron chi connectivity index (χ1n) is 8.02. The molecule has 2 aromatic heterocycles. The van der Waals surface area contributed by atoms with Gasteiger partial charge in [0.1, 0.15) is 5.65 Å². The maximum atomic E-state index is 12.8. The van der Waals surface area contributed by atoms with E-state index < -0.39 is 0 Å². The number of halogens is 1. The average Bonchev–Trinajstić information content (AvgIpc) is 2.55. The molecule has 1 saturated carbocycles. The third kappa shape index (κ3) is 2.55. The first kappa shape index (κ1) is 15.1. The molecule has 0 radical (unpaired) electrons. The molecule has 0 saturated heterocycles. The number of nitrogens with one attached hydrogen (secondary N) is 1. The molecule has 0 bridgehead atoms. The SMILES string of the molecule is Cn1c(=O)c(-c2ccccc2Cl)cc2cnc(NC3CCC3)nc21. The van der Waals surface area contributed by atoms with Gasteiger partial charge in [0.15, 0.2) is 0 Å². The first-order valence-corrected chi connectivity index (χ1v) is 8.39. The molecule has 3 aromatic rings. The lowest BCUT2D eigenvalue weighted by atomic mass is 9.93. The second-order valence-electron chi connectivity index (χ2n) is 6.15. The number of nitrogens with zero attached hydrogens (tertiary/aromatic N) is 3. The van der Waals surface area contributed by atoms with Crippen molar-refractivity contribution in [1.82, 2.24) is 14.5 Å². The van der Waals surface area contributed by atoms with Crippen molar-refractivity contribution in [3.05, 3.63) is 51.9 Å². The summed E-state index contributed by atoms with van der Waals surface area (Å²) in [5.41, 5.74) is 1.77. The standard InChI is InChI=1S/C18H17ClN4O/c1-23-16-11(10-20-18(22-16)21-12-5-4-6-12)9-14(17(23)24)13-7-2-3-8-15(13)19/h2-3,7-10,12H,4-6H2,1H3,(H,20,21,22). The zero-order chi connectivity index (χ0) is 16.7. The number of aromatic nitrogens is 3. The molecular weight excluding hydrogens is 324 g/mol. The molecule has 0 amide bonds. The smallest absolute Gasteiger partial charge is 0.259 e. The van der Waals surface area contributed by atoms with Gasteiger partial charge in [-0.05, 0) is 31.4 Å². The Labute approximate surface area is 144 Å². The van der Waals surface area contributed by atoms with Crippen LogP contribution in [-0.2, 0) is 7.05 Å². The van der Waals surface area contributed by atoms with Gasteiger partial charge in [0.25, 0.3) is 5.56 Å². The van der Waals surface area contributed by atoms with Gasteiger partial charge in [-0.15, -0.1) is 0 Å². The molecule has 0 unspecified atom stereocenters. The van der Waals surface area contributed by atoms with Crippen LogP contribution >= 0.6 is 11.6 Å². The predicted molar refractivity (Wildman–Crippen MR) is 96.5 cm³/mol. The Balaban J connectivity index is 1.84. The molecule has 24 heavy (non-hydrogen) atoms. The van der Waals surface area contributed by atoms with E-state index >= 15 is 0 Å². The molecule has 1 aliphatic rings. The summed E-state index contributed by atoms with van der Waals surface area (Å²) in [7, 11) is 1.73. The van der Waals surface area contributed by atoms with E-state index in [-0.39, 0.29) is 5.56 Å². The minimum atomic E-state index is -0.121. The van der Waals surface area contributed by atoms with Crippen molar-refractivity contribution in [3.8, 4) is 11.1 Å². The van der Waals surface area contributed by atoms with Gasteiger partial charge in [0, 0.05) is 40.8 Å². The van der Waals surface area contributed by atoms with Crippen LogP contribution in [0.2, 0.25) is 5.02 Å². The molecular formula is C18H17ClN4O. The van der Waals surface area contributed by atoms with E-state index in [4.69, 9.17) is 11.6 Å². The van der Waals surface area contributed by atoms with E-state index in [1.54, 1.807) is 23.9 Å². The Morgan fingerprint density at radius 3 is 2.75 bits per heavy atom. The van der Waals surface area contributed by atoms with Crippen LogP contribution < -0.4 is 10.9 Å². The van der Waals surface area contributed by atoms with E-state index in [2.05, 4.69) is 15.3 Å². The van der Waals surface area contributed by atoms with Crippen LogP contribution in [0.4, 0.5) is 5.95 Å². The van der Waals surface area contributed by atoms with Crippen LogP contribution in [0.15, 0.2) is 41.3 Å². The Morgan fingerprint density at radius 1 is 1.25 bits per heavy atom. The highest BCUT2D eigenvalue weighted by molar-refractivity contribution is 6.33. The van der Waals surface area contributed by atoms with E-state index in [9.17, 15) is 4.79 Å². The minimum absolute atomic E-state index is 0.121. The molecule has 122 valence electrons. The lowest BCUT2D eigenvalue weighted by Crippen LogP contribution is -2.28. The number of hydrogen-bond donors (Lipinski definition) is 1. The maximum Gasteiger partial charge on any atom is 0.259 e. The summed E-state index contributed by atoms with van der Waals surface area (Å²) >= 11 is 6.25. The fourth-order valence-electron chi connectivity index (χ4n) is 2.92. The topological polar surface area (TPSA) is 59.8 Å². The molecule has 0 aliphatic heterocycles. The van der Waals surface area contributed by atoms with Crippen molar-refractivity contribution in [2.75, 3.05) is 5.32 Å². The Morgan fingerprint density at radius 2 is 2.04 bits per heavy atom. The molecule has 1 fully saturated rings. The van der Waals surface area contributed by atoms with Gasteiger partial charge < -0.3 is 5.32 Å². The van der Waals surface area contributed by atoms with Crippen molar-refractivity contribution in [1.29, 1.82) is 0 Å². The molecule has 4 rings (SSSR count). The molecule has 6 heteroatoms. The molecule has 1 aromatic carbocycles. The van der Waals surface area contributed by atoms with Gasteiger partial charge in [-0.3, -0.25) is 9.36 Å². The summed E-state index contributed by atoms with van der Waals surface area (Å²) in [6.45, 7) is 0. The normalized spacial score (nSPS) is 14.6. The second-order valence-corrected chi connectivity index (χ2v) is 6.55. The number of pyridine rings is 1. The number of benzene rings is 1. The van der Waals surface area contributed by atoms with Crippen molar-refractivity contribution in [2.45, 2.75) is 25.3 Å². The number of aryl methyl sites for hydroxylation is 1. The van der Waals surface area contributed by atoms with Crippen LogP contribution in [0.25, 0.3) is 22.2 Å². The van der Waals surface area contributed by atoms with Crippen molar-refractivity contribution in [2.24, 2.45) is 7.05 Å². The highest BCUT2D eigenvalue weighted by Gasteiger charge is 2.19. The lowest BCUT2D eigenvalue weighted by Gasteiger charge is -2.26. The summed E-state index contributed by atoms with van der Waals surface area (Å²) in [4.78, 5) is 21.7. The summed E-state index contributed by atoms with van der Waals surface area (Å²) in [5, 5.41) is 4.68. The van der Waals surface area contributed by atoms with Gasteiger partial charge in [0.05, 0.1) is 0 Å². The maximum absolute atomic E-state index is 12.8. The summed E-state index contributed by atoms with van der Waals surface area (Å²) in [6, 6.07) is 9.60. The van der Waals surface area contributed by atoms with Crippen molar-refractivity contribution >= 4 is 28.6 Å². The van der Waals surface area contributed by atoms with Crippen LogP contribution in [0, 0.1) is 0 Å². The Hall–Kier alpha value is -2.40. The zero-order valence-corrected chi connectivity index (χ0v) is 14.0. The summed E-state index contributed by atoms with van der Waals surface area (Å²) in [6.07, 6.45) is 5.28. The Kier molecular flexibility index (Phi) is 3.73. The van der Waals surface area contributed by atoms with Crippen LogP contribution in [0.3, 0.4) is 0 Å². The molecule has 1 aliphatic carbocycles. The lowest BCUT2D eigenvalue weighted by molar-refractivity contribution is 0.443. The number of anilines is 1. The van der Waals surface area contributed by atoms with Crippen LogP contribution in [0.5, 0.6) is 0 Å².